The fourth-order valence-corrected chi connectivity index (χ4v) is 0.803. The van der Waals surface area contributed by atoms with Crippen molar-refractivity contribution < 1.29 is 0 Å². The fraction of sp³-hybridized carbons (Fsp3) is 0.111. The van der Waals surface area contributed by atoms with E-state index in [1.807, 2.05) is 18.2 Å². The highest BCUT2D eigenvalue weighted by Gasteiger charge is 2.17. The molecule has 2 nitrogen and oxygen atoms in total. The number of hydrogen-bond donors (Lipinski definition) is 0. The normalized spacial score (nSPS) is 8.64. The highest BCUT2D eigenvalue weighted by molar-refractivity contribution is 5.23. The van der Waals surface area contributed by atoms with Gasteiger partial charge in [0, 0.05) is 0 Å². The Kier molecular flexibility index (Phi) is 2.25. The molecule has 2 heteroatoms. The summed E-state index contributed by atoms with van der Waals surface area (Å²) in [5, 5.41) is 0. The Morgan fingerprint density at radius 3 is 2.00 bits per heavy atom. The minimum Gasteiger partial charge on any atom is -0.228 e. The highest BCUT2D eigenvalue weighted by Crippen LogP contribution is 2.17. The summed E-state index contributed by atoms with van der Waals surface area (Å²) >= 11 is 0. The van der Waals surface area contributed by atoms with E-state index in [9.17, 15) is 0 Å². The maximum atomic E-state index is 6.71. The molecule has 0 radical (unpaired) electrons. The summed E-state index contributed by atoms with van der Waals surface area (Å²) in [4.78, 5) is 6.35. The van der Waals surface area contributed by atoms with Crippen LogP contribution in [0.25, 0.3) is 9.69 Å². The van der Waals surface area contributed by atoms with Crippen molar-refractivity contribution in [2.45, 2.75) is 6.17 Å². The lowest BCUT2D eigenvalue weighted by atomic mass is 10.2. The molecule has 0 heterocycles. The van der Waals surface area contributed by atoms with Gasteiger partial charge in [0.1, 0.15) is 5.56 Å². The molecule has 0 saturated carbocycles. The molecule has 11 heavy (non-hydrogen) atoms. The Labute approximate surface area is 65.7 Å². The lowest BCUT2D eigenvalue weighted by Gasteiger charge is -1.90. The molecule has 0 N–H and O–H groups in total. The predicted molar refractivity (Wildman–Crippen MR) is 42.4 cm³/mol. The van der Waals surface area contributed by atoms with E-state index in [0.717, 1.165) is 5.56 Å². The third kappa shape index (κ3) is 1.56. The van der Waals surface area contributed by atoms with Crippen LogP contribution in [0.5, 0.6) is 0 Å². The van der Waals surface area contributed by atoms with Crippen LogP contribution in [0.1, 0.15) is 11.7 Å². The Morgan fingerprint density at radius 1 is 1.00 bits per heavy atom. The van der Waals surface area contributed by atoms with Crippen molar-refractivity contribution in [1.29, 1.82) is 0 Å². The molecule has 0 unspecified atom stereocenters. The molecule has 0 bridgehead atoms. The van der Waals surface area contributed by atoms with Crippen LogP contribution in [0.4, 0.5) is 0 Å². The second-order valence-electron chi connectivity index (χ2n) is 2.04. The first kappa shape index (κ1) is 7.31. The van der Waals surface area contributed by atoms with Crippen molar-refractivity contribution in [2.75, 3.05) is 0 Å². The van der Waals surface area contributed by atoms with E-state index in [4.69, 9.17) is 13.1 Å². The number of hydrogen-bond acceptors (Lipinski definition) is 0. The van der Waals surface area contributed by atoms with Gasteiger partial charge in [-0.25, -0.2) is 22.8 Å². The minimum absolute atomic E-state index is 0.656. The molecular formula is C9H6N2. The van der Waals surface area contributed by atoms with Gasteiger partial charge in [-0.1, -0.05) is 18.2 Å². The van der Waals surface area contributed by atoms with Crippen LogP contribution in [0, 0.1) is 13.1 Å². The van der Waals surface area contributed by atoms with Gasteiger partial charge in [0.05, 0.1) is 0 Å². The lowest BCUT2D eigenvalue weighted by Crippen LogP contribution is -1.83. The molecule has 1 rings (SSSR count). The molecular weight excluding hydrogens is 136 g/mol. The van der Waals surface area contributed by atoms with E-state index in [1.165, 1.54) is 0 Å². The second kappa shape index (κ2) is 3.39. The highest BCUT2D eigenvalue weighted by atomic mass is 14.9. The molecule has 0 aliphatic heterocycles. The SMILES string of the molecule is [C-]#[N+]C([N+]#[C-])c1ccccc1. The summed E-state index contributed by atoms with van der Waals surface area (Å²) in [6.45, 7) is 13.4. The molecule has 0 aliphatic rings. The minimum atomic E-state index is -0.656. The Bertz CT molecular complexity index is 289. The smallest absolute Gasteiger partial charge is 0.228 e. The van der Waals surface area contributed by atoms with Gasteiger partial charge in [0.2, 0.25) is 0 Å². The van der Waals surface area contributed by atoms with E-state index >= 15 is 0 Å². The van der Waals surface area contributed by atoms with E-state index in [1.54, 1.807) is 12.1 Å². The quantitative estimate of drug-likeness (QED) is 0.533. The van der Waals surface area contributed by atoms with E-state index in [2.05, 4.69) is 9.69 Å². The van der Waals surface area contributed by atoms with Crippen LogP contribution in [-0.2, 0) is 0 Å². The summed E-state index contributed by atoms with van der Waals surface area (Å²) in [7, 11) is 0. The van der Waals surface area contributed by atoms with Crippen LogP contribution in [0.3, 0.4) is 0 Å². The molecule has 0 atom stereocenters. The Hall–Kier alpha value is -1.80. The average molecular weight is 142 g/mol. The van der Waals surface area contributed by atoms with Crippen LogP contribution in [0.15, 0.2) is 30.3 Å². The zero-order chi connectivity index (χ0) is 8.10. The maximum absolute atomic E-state index is 6.71. The van der Waals surface area contributed by atoms with Crippen LogP contribution >= 0.6 is 0 Å². The first-order valence-electron chi connectivity index (χ1n) is 3.16. The monoisotopic (exact) mass is 142 g/mol. The van der Waals surface area contributed by atoms with Gasteiger partial charge in [-0.3, -0.25) is 0 Å². The molecule has 1 aromatic rings. The molecule has 0 spiro atoms. The van der Waals surface area contributed by atoms with Gasteiger partial charge in [0.15, 0.2) is 0 Å². The number of rotatable bonds is 1. The summed E-state index contributed by atoms with van der Waals surface area (Å²) in [5.41, 5.74) is 0.775. The summed E-state index contributed by atoms with van der Waals surface area (Å²) in [6.07, 6.45) is -0.656. The van der Waals surface area contributed by atoms with Gasteiger partial charge >= 0.3 is 6.17 Å². The Morgan fingerprint density at radius 2 is 1.55 bits per heavy atom. The first-order chi connectivity index (χ1) is 5.38. The second-order valence-corrected chi connectivity index (χ2v) is 2.04. The topological polar surface area (TPSA) is 8.72 Å². The maximum Gasteiger partial charge on any atom is 0.502 e. The van der Waals surface area contributed by atoms with Crippen LogP contribution in [0.2, 0.25) is 0 Å². The standard InChI is InChI=1S/C9H6N2/c1-10-9(11-2)8-6-4-3-5-7-8/h3-7,9H. The van der Waals surface area contributed by atoms with Crippen molar-refractivity contribution in [3.8, 4) is 0 Å². The van der Waals surface area contributed by atoms with Gasteiger partial charge in [-0.05, 0) is 12.1 Å². The van der Waals surface area contributed by atoms with E-state index < -0.39 is 6.17 Å². The summed E-state index contributed by atoms with van der Waals surface area (Å²) in [5.74, 6) is 0. The third-order valence-corrected chi connectivity index (χ3v) is 1.34. The molecule has 0 aromatic heterocycles. The van der Waals surface area contributed by atoms with Gasteiger partial charge in [-0.15, -0.1) is 0 Å². The molecule has 0 saturated heterocycles. The largest absolute Gasteiger partial charge is 0.502 e. The summed E-state index contributed by atoms with van der Waals surface area (Å²) < 4.78 is 0. The van der Waals surface area contributed by atoms with E-state index in [-0.39, 0.29) is 0 Å². The lowest BCUT2D eigenvalue weighted by molar-refractivity contribution is 1.07. The van der Waals surface area contributed by atoms with Crippen LogP contribution in [-0.4, -0.2) is 0 Å². The fourth-order valence-electron chi connectivity index (χ4n) is 0.803. The van der Waals surface area contributed by atoms with Crippen molar-refractivity contribution in [2.24, 2.45) is 0 Å². The van der Waals surface area contributed by atoms with Crippen molar-refractivity contribution in [1.82, 2.24) is 0 Å². The van der Waals surface area contributed by atoms with Crippen molar-refractivity contribution in [3.63, 3.8) is 0 Å². The summed E-state index contributed by atoms with van der Waals surface area (Å²) in [6, 6.07) is 9.12. The van der Waals surface area contributed by atoms with Gasteiger partial charge in [-0.2, -0.15) is 0 Å². The van der Waals surface area contributed by atoms with Gasteiger partial charge in [0.25, 0.3) is 0 Å². The Balaban J connectivity index is 2.96. The molecule has 1 aromatic carbocycles. The zero-order valence-electron chi connectivity index (χ0n) is 5.86. The molecule has 0 aliphatic carbocycles. The predicted octanol–water partition coefficient (Wildman–Crippen LogP) is 2.52. The zero-order valence-corrected chi connectivity index (χ0v) is 5.86. The molecule has 0 amide bonds. The van der Waals surface area contributed by atoms with E-state index in [0.29, 0.717) is 0 Å². The average Bonchev–Trinajstić information content (AvgIpc) is 2.09. The number of nitrogens with zero attached hydrogens (tertiary/aromatic N) is 2. The molecule has 52 valence electrons. The van der Waals surface area contributed by atoms with Crippen LogP contribution < -0.4 is 0 Å². The third-order valence-electron chi connectivity index (χ3n) is 1.34. The first-order valence-corrected chi connectivity index (χ1v) is 3.16. The van der Waals surface area contributed by atoms with Gasteiger partial charge < -0.3 is 0 Å². The van der Waals surface area contributed by atoms with Crippen molar-refractivity contribution >= 4 is 0 Å². The number of benzene rings is 1. The molecule has 0 fully saturated rings. The van der Waals surface area contributed by atoms with Crippen molar-refractivity contribution in [3.05, 3.63) is 58.7 Å².